The summed E-state index contributed by atoms with van der Waals surface area (Å²) < 4.78 is 39.7. The van der Waals surface area contributed by atoms with E-state index >= 15 is 0 Å². The van der Waals surface area contributed by atoms with Crippen LogP contribution < -0.4 is 10.5 Å². The molecule has 0 saturated carbocycles. The number of anilines is 2. The SMILES string of the molecule is Cc1nc(N)sc1S(=O)(=O)Nc1ccc([N+](=O)[O-])c(F)c1. The molecule has 0 bridgehead atoms. The Labute approximate surface area is 122 Å². The van der Waals surface area contributed by atoms with Crippen LogP contribution in [-0.4, -0.2) is 18.3 Å². The van der Waals surface area contributed by atoms with Crippen LogP contribution in [0.4, 0.5) is 20.9 Å². The van der Waals surface area contributed by atoms with Crippen LogP contribution in [0.2, 0.25) is 0 Å². The Morgan fingerprint density at radius 3 is 2.62 bits per heavy atom. The Bertz CT molecular complexity index is 818. The lowest BCUT2D eigenvalue weighted by molar-refractivity contribution is -0.387. The molecule has 1 aromatic heterocycles. The number of nitro benzene ring substituents is 1. The van der Waals surface area contributed by atoms with Crippen molar-refractivity contribution in [2.75, 3.05) is 10.5 Å². The maximum Gasteiger partial charge on any atom is 0.304 e. The fourth-order valence-corrected chi connectivity index (χ4v) is 3.92. The minimum absolute atomic E-state index is 0.0859. The third-order valence-corrected chi connectivity index (χ3v) is 5.39. The number of benzene rings is 1. The highest BCUT2D eigenvalue weighted by Crippen LogP contribution is 2.28. The van der Waals surface area contributed by atoms with Gasteiger partial charge in [-0.2, -0.15) is 4.39 Å². The van der Waals surface area contributed by atoms with E-state index in [0.29, 0.717) is 0 Å². The van der Waals surface area contributed by atoms with Gasteiger partial charge in [0, 0.05) is 12.1 Å². The van der Waals surface area contributed by atoms with E-state index in [1.54, 1.807) is 0 Å². The number of aromatic nitrogens is 1. The molecule has 0 saturated heterocycles. The van der Waals surface area contributed by atoms with Crippen LogP contribution in [0.3, 0.4) is 0 Å². The van der Waals surface area contributed by atoms with Gasteiger partial charge in [-0.1, -0.05) is 11.3 Å². The quantitative estimate of drug-likeness (QED) is 0.650. The Hall–Kier alpha value is -2.27. The summed E-state index contributed by atoms with van der Waals surface area (Å²) >= 11 is 0.767. The van der Waals surface area contributed by atoms with E-state index in [2.05, 4.69) is 9.71 Å². The summed E-state index contributed by atoms with van der Waals surface area (Å²) in [5.74, 6) is -1.14. The summed E-state index contributed by atoms with van der Waals surface area (Å²) in [5.41, 5.74) is 4.77. The van der Waals surface area contributed by atoms with Crippen molar-refractivity contribution in [2.24, 2.45) is 0 Å². The minimum atomic E-state index is -3.98. The van der Waals surface area contributed by atoms with Crippen LogP contribution in [0.1, 0.15) is 5.69 Å². The monoisotopic (exact) mass is 332 g/mol. The van der Waals surface area contributed by atoms with Gasteiger partial charge in [-0.15, -0.1) is 0 Å². The largest absolute Gasteiger partial charge is 0.375 e. The molecule has 2 aromatic rings. The number of thiazole rings is 1. The summed E-state index contributed by atoms with van der Waals surface area (Å²) in [6, 6.07) is 2.70. The van der Waals surface area contributed by atoms with E-state index in [4.69, 9.17) is 5.73 Å². The molecule has 0 spiro atoms. The Balaban J connectivity index is 2.35. The molecule has 11 heteroatoms. The fourth-order valence-electron chi connectivity index (χ4n) is 1.57. The summed E-state index contributed by atoms with van der Waals surface area (Å²) in [5, 5.41) is 10.6. The number of aryl methyl sites for hydroxylation is 1. The van der Waals surface area contributed by atoms with Gasteiger partial charge < -0.3 is 5.73 Å². The normalized spacial score (nSPS) is 11.3. The second-order valence-electron chi connectivity index (χ2n) is 3.95. The number of hydrogen-bond acceptors (Lipinski definition) is 7. The molecule has 0 aliphatic carbocycles. The molecule has 0 aliphatic heterocycles. The first-order valence-corrected chi connectivity index (χ1v) is 7.70. The molecule has 0 radical (unpaired) electrons. The highest BCUT2D eigenvalue weighted by Gasteiger charge is 2.22. The molecule has 3 N–H and O–H groups in total. The van der Waals surface area contributed by atoms with E-state index in [9.17, 15) is 22.9 Å². The zero-order valence-electron chi connectivity index (χ0n) is 10.5. The van der Waals surface area contributed by atoms with E-state index in [0.717, 1.165) is 29.5 Å². The molecule has 8 nitrogen and oxygen atoms in total. The minimum Gasteiger partial charge on any atom is -0.375 e. The molecular weight excluding hydrogens is 323 g/mol. The van der Waals surface area contributed by atoms with E-state index in [1.807, 2.05) is 0 Å². The third-order valence-electron chi connectivity index (χ3n) is 2.41. The van der Waals surface area contributed by atoms with Gasteiger partial charge in [-0.05, 0) is 13.0 Å². The van der Waals surface area contributed by atoms with E-state index in [1.165, 1.54) is 6.92 Å². The zero-order valence-corrected chi connectivity index (χ0v) is 12.2. The number of nitrogen functional groups attached to an aromatic ring is 1. The lowest BCUT2D eigenvalue weighted by Gasteiger charge is -2.06. The summed E-state index contributed by atoms with van der Waals surface area (Å²) in [7, 11) is -3.98. The average molecular weight is 332 g/mol. The van der Waals surface area contributed by atoms with Gasteiger partial charge in [0.05, 0.1) is 16.3 Å². The molecule has 0 fully saturated rings. The lowest BCUT2D eigenvalue weighted by atomic mass is 10.3. The van der Waals surface area contributed by atoms with Crippen molar-refractivity contribution in [2.45, 2.75) is 11.1 Å². The van der Waals surface area contributed by atoms with Gasteiger partial charge in [0.25, 0.3) is 10.0 Å². The summed E-state index contributed by atoms with van der Waals surface area (Å²) in [4.78, 5) is 13.4. The van der Waals surface area contributed by atoms with Crippen LogP contribution >= 0.6 is 11.3 Å². The summed E-state index contributed by atoms with van der Waals surface area (Å²) in [6.45, 7) is 1.47. The molecule has 112 valence electrons. The fraction of sp³-hybridized carbons (Fsp3) is 0.100. The number of nitrogens with one attached hydrogen (secondary N) is 1. The smallest absolute Gasteiger partial charge is 0.304 e. The van der Waals surface area contributed by atoms with Crippen LogP contribution in [-0.2, 0) is 10.0 Å². The number of halogens is 1. The molecule has 2 rings (SSSR count). The number of rotatable bonds is 4. The molecule has 21 heavy (non-hydrogen) atoms. The molecular formula is C10H9FN4O4S2. The van der Waals surface area contributed by atoms with Crippen LogP contribution in [0.25, 0.3) is 0 Å². The first-order valence-electron chi connectivity index (χ1n) is 5.40. The van der Waals surface area contributed by atoms with Crippen LogP contribution in [0, 0.1) is 22.9 Å². The molecule has 0 atom stereocenters. The van der Waals surface area contributed by atoms with Crippen LogP contribution in [0.15, 0.2) is 22.4 Å². The molecule has 0 unspecified atom stereocenters. The van der Waals surface area contributed by atoms with Gasteiger partial charge in [0.15, 0.2) is 9.34 Å². The maximum absolute atomic E-state index is 13.5. The second kappa shape index (κ2) is 5.26. The maximum atomic E-state index is 13.5. The standard InChI is InChI=1S/C10H9FN4O4S2/c1-5-9(20-10(12)13-5)21(18,19)14-6-2-3-8(15(16)17)7(11)4-6/h2-4,14H,1H3,(H2,12,13). The highest BCUT2D eigenvalue weighted by atomic mass is 32.2. The third kappa shape index (κ3) is 3.08. The van der Waals surface area contributed by atoms with Gasteiger partial charge >= 0.3 is 5.69 Å². The van der Waals surface area contributed by atoms with Gasteiger partial charge in [-0.25, -0.2) is 13.4 Å². The number of sulfonamides is 1. The lowest BCUT2D eigenvalue weighted by Crippen LogP contribution is -2.13. The van der Waals surface area contributed by atoms with Crippen molar-refractivity contribution in [1.82, 2.24) is 4.98 Å². The number of nitrogens with zero attached hydrogens (tertiary/aromatic N) is 2. The van der Waals surface area contributed by atoms with Crippen molar-refractivity contribution in [3.63, 3.8) is 0 Å². The predicted molar refractivity (Wildman–Crippen MR) is 75.1 cm³/mol. The van der Waals surface area contributed by atoms with Crippen molar-refractivity contribution < 1.29 is 17.7 Å². The van der Waals surface area contributed by atoms with Gasteiger partial charge in [0.1, 0.15) is 0 Å². The predicted octanol–water partition coefficient (Wildman–Crippen LogP) is 1.88. The topological polar surface area (TPSA) is 128 Å². The Morgan fingerprint density at radius 2 is 2.14 bits per heavy atom. The zero-order chi connectivity index (χ0) is 15.8. The molecule has 1 heterocycles. The highest BCUT2D eigenvalue weighted by molar-refractivity contribution is 7.94. The van der Waals surface area contributed by atoms with Crippen molar-refractivity contribution in [3.8, 4) is 0 Å². The first kappa shape index (κ1) is 15.1. The van der Waals surface area contributed by atoms with Crippen LogP contribution in [0.5, 0.6) is 0 Å². The number of nitro groups is 1. The average Bonchev–Trinajstić information content (AvgIpc) is 2.68. The number of hydrogen-bond donors (Lipinski definition) is 2. The first-order chi connectivity index (χ1) is 9.70. The van der Waals surface area contributed by atoms with E-state index in [-0.39, 0.29) is 20.7 Å². The molecule has 0 amide bonds. The van der Waals surface area contributed by atoms with E-state index < -0.39 is 26.5 Å². The van der Waals surface area contributed by atoms with Crippen molar-refractivity contribution >= 4 is 37.9 Å². The Morgan fingerprint density at radius 1 is 1.48 bits per heavy atom. The van der Waals surface area contributed by atoms with Crippen molar-refractivity contribution in [1.29, 1.82) is 0 Å². The van der Waals surface area contributed by atoms with Gasteiger partial charge in [0.2, 0.25) is 5.82 Å². The molecule has 1 aromatic carbocycles. The molecule has 0 aliphatic rings. The summed E-state index contributed by atoms with van der Waals surface area (Å²) in [6.07, 6.45) is 0. The van der Waals surface area contributed by atoms with Gasteiger partial charge in [-0.3, -0.25) is 14.8 Å². The second-order valence-corrected chi connectivity index (χ2v) is 6.86. The van der Waals surface area contributed by atoms with Crippen molar-refractivity contribution in [3.05, 3.63) is 39.8 Å². The number of nitrogens with two attached hydrogens (primary N) is 1. The Kier molecular flexibility index (Phi) is 3.78.